The van der Waals surface area contributed by atoms with E-state index in [0.29, 0.717) is 18.1 Å². The normalized spacial score (nSPS) is 11.6. The fourth-order valence-electron chi connectivity index (χ4n) is 2.12. The van der Waals surface area contributed by atoms with Gasteiger partial charge in [-0.15, -0.1) is 0 Å². The topological polar surface area (TPSA) is 85.3 Å². The van der Waals surface area contributed by atoms with Crippen LogP contribution in [-0.4, -0.2) is 28.0 Å². The Kier molecular flexibility index (Phi) is 6.82. The number of nitrogens with one attached hydrogen (secondary N) is 2. The minimum absolute atomic E-state index is 0.242. The van der Waals surface area contributed by atoms with Gasteiger partial charge in [0.15, 0.2) is 0 Å². The Morgan fingerprint density at radius 3 is 2.84 bits per heavy atom. The van der Waals surface area contributed by atoms with Crippen LogP contribution in [0.3, 0.4) is 0 Å². The van der Waals surface area contributed by atoms with E-state index in [1.165, 1.54) is 0 Å². The average molecular weight is 365 g/mol. The second kappa shape index (κ2) is 9.08. The summed E-state index contributed by atoms with van der Waals surface area (Å²) >= 11 is 5.89. The molecular weight excluding hydrogens is 344 g/mol. The first kappa shape index (κ1) is 18.8. The lowest BCUT2D eigenvalue weighted by molar-refractivity contribution is -0.130. The molecule has 0 aliphatic heterocycles. The fraction of sp³-hybridized carbons (Fsp3) is 0.353. The van der Waals surface area contributed by atoms with Crippen LogP contribution in [0.25, 0.3) is 0 Å². The lowest BCUT2D eigenvalue weighted by Gasteiger charge is -2.14. The van der Waals surface area contributed by atoms with Crippen LogP contribution in [0.2, 0.25) is 5.02 Å². The van der Waals surface area contributed by atoms with E-state index in [2.05, 4.69) is 15.8 Å². The summed E-state index contributed by atoms with van der Waals surface area (Å²) in [4.78, 5) is 27.6. The maximum absolute atomic E-state index is 11.9. The van der Waals surface area contributed by atoms with Gasteiger partial charge in [-0.05, 0) is 44.0 Å². The van der Waals surface area contributed by atoms with Gasteiger partial charge in [-0.2, -0.15) is 0 Å². The Bertz CT molecular complexity index is 719. The zero-order valence-electron chi connectivity index (χ0n) is 14.2. The van der Waals surface area contributed by atoms with Crippen LogP contribution in [0.1, 0.15) is 31.4 Å². The molecule has 1 heterocycles. The molecule has 2 amide bonds. The highest BCUT2D eigenvalue weighted by molar-refractivity contribution is 6.30. The predicted molar refractivity (Wildman–Crippen MR) is 94.1 cm³/mol. The highest BCUT2D eigenvalue weighted by Crippen LogP contribution is 2.21. The highest BCUT2D eigenvalue weighted by atomic mass is 35.5. The fourth-order valence-corrected chi connectivity index (χ4v) is 2.35. The molecule has 134 valence electrons. The maximum Gasteiger partial charge on any atom is 0.261 e. The first-order chi connectivity index (χ1) is 12.0. The Hall–Kier alpha value is -2.54. The molecule has 2 rings (SSSR count). The molecular formula is C17H21ClN4O3. The SMILES string of the molecule is Cc1cc(Cl)ccc1OCCCC(=O)NNC(=O)[C@@H](C)n1ccnc1. The average Bonchev–Trinajstić information content (AvgIpc) is 3.12. The standard InChI is InChI=1S/C17H21ClN4O3/c1-12-10-14(18)5-6-15(12)25-9-3-4-16(23)20-21-17(24)13(2)22-8-7-19-11-22/h5-8,10-11,13H,3-4,9H2,1-2H3,(H,20,23)(H,21,24)/t13-/m1/s1. The molecule has 0 aliphatic rings. The number of aryl methyl sites for hydroxylation is 1. The van der Waals surface area contributed by atoms with E-state index in [4.69, 9.17) is 16.3 Å². The van der Waals surface area contributed by atoms with Gasteiger partial charge in [0.1, 0.15) is 11.8 Å². The van der Waals surface area contributed by atoms with E-state index in [1.54, 1.807) is 42.3 Å². The third-order valence-corrected chi connectivity index (χ3v) is 3.85. The first-order valence-electron chi connectivity index (χ1n) is 7.92. The van der Waals surface area contributed by atoms with Gasteiger partial charge in [-0.25, -0.2) is 4.98 Å². The number of hydrogen-bond acceptors (Lipinski definition) is 4. The van der Waals surface area contributed by atoms with Crippen molar-refractivity contribution in [3.8, 4) is 5.75 Å². The summed E-state index contributed by atoms with van der Waals surface area (Å²) < 4.78 is 7.26. The molecule has 25 heavy (non-hydrogen) atoms. The molecule has 0 spiro atoms. The van der Waals surface area contributed by atoms with Crippen molar-refractivity contribution in [3.05, 3.63) is 47.5 Å². The molecule has 0 aliphatic carbocycles. The molecule has 7 nitrogen and oxygen atoms in total. The maximum atomic E-state index is 11.9. The minimum atomic E-state index is -0.459. The number of carbonyl (C=O) groups excluding carboxylic acids is 2. The number of ether oxygens (including phenoxy) is 1. The highest BCUT2D eigenvalue weighted by Gasteiger charge is 2.14. The molecule has 0 radical (unpaired) electrons. The summed E-state index contributed by atoms with van der Waals surface area (Å²) in [6.07, 6.45) is 5.59. The summed E-state index contributed by atoms with van der Waals surface area (Å²) in [5.74, 6) is 0.147. The van der Waals surface area contributed by atoms with Crippen LogP contribution in [0, 0.1) is 6.92 Å². The van der Waals surface area contributed by atoms with Gasteiger partial charge in [0.25, 0.3) is 5.91 Å². The molecule has 0 saturated carbocycles. The second-order valence-corrected chi connectivity index (χ2v) is 6.02. The number of rotatable bonds is 7. The Morgan fingerprint density at radius 2 is 2.16 bits per heavy atom. The smallest absolute Gasteiger partial charge is 0.261 e. The Morgan fingerprint density at radius 1 is 1.36 bits per heavy atom. The van der Waals surface area contributed by atoms with E-state index in [0.717, 1.165) is 11.3 Å². The number of nitrogens with zero attached hydrogens (tertiary/aromatic N) is 2. The van der Waals surface area contributed by atoms with Gasteiger partial charge in [-0.1, -0.05) is 11.6 Å². The molecule has 0 saturated heterocycles. The molecule has 1 aromatic heterocycles. The number of aromatic nitrogens is 2. The van der Waals surface area contributed by atoms with Crippen LogP contribution in [0.15, 0.2) is 36.9 Å². The van der Waals surface area contributed by atoms with Crippen LogP contribution in [0.4, 0.5) is 0 Å². The molecule has 1 aromatic carbocycles. The summed E-state index contributed by atoms with van der Waals surface area (Å²) in [6.45, 7) is 4.02. The van der Waals surface area contributed by atoms with Gasteiger partial charge in [0, 0.05) is 23.8 Å². The first-order valence-corrected chi connectivity index (χ1v) is 8.30. The number of benzene rings is 1. The largest absolute Gasteiger partial charge is 0.493 e. The summed E-state index contributed by atoms with van der Waals surface area (Å²) in [5, 5.41) is 0.657. The van der Waals surface area contributed by atoms with Crippen molar-refractivity contribution < 1.29 is 14.3 Å². The Balaban J connectivity index is 1.64. The van der Waals surface area contributed by atoms with Gasteiger partial charge in [-0.3, -0.25) is 20.4 Å². The van der Waals surface area contributed by atoms with E-state index >= 15 is 0 Å². The van der Waals surface area contributed by atoms with Crippen molar-refractivity contribution >= 4 is 23.4 Å². The minimum Gasteiger partial charge on any atom is -0.493 e. The molecule has 2 N–H and O–H groups in total. The summed E-state index contributed by atoms with van der Waals surface area (Å²) in [5.41, 5.74) is 5.74. The van der Waals surface area contributed by atoms with Gasteiger partial charge in [0.2, 0.25) is 5.91 Å². The van der Waals surface area contributed by atoms with Crippen molar-refractivity contribution in [3.63, 3.8) is 0 Å². The van der Waals surface area contributed by atoms with Crippen LogP contribution >= 0.6 is 11.6 Å². The van der Waals surface area contributed by atoms with Crippen LogP contribution in [0.5, 0.6) is 5.75 Å². The van der Waals surface area contributed by atoms with E-state index < -0.39 is 6.04 Å². The van der Waals surface area contributed by atoms with E-state index in [1.807, 2.05) is 13.0 Å². The zero-order valence-corrected chi connectivity index (χ0v) is 14.9. The summed E-state index contributed by atoms with van der Waals surface area (Å²) in [6, 6.07) is 4.92. The van der Waals surface area contributed by atoms with E-state index in [-0.39, 0.29) is 18.2 Å². The third-order valence-electron chi connectivity index (χ3n) is 3.62. The molecule has 8 heteroatoms. The summed E-state index contributed by atoms with van der Waals surface area (Å²) in [7, 11) is 0. The van der Waals surface area contributed by atoms with Crippen molar-refractivity contribution in [2.24, 2.45) is 0 Å². The predicted octanol–water partition coefficient (Wildman–Crippen LogP) is 2.41. The second-order valence-electron chi connectivity index (χ2n) is 5.59. The number of halogens is 1. The number of carbonyl (C=O) groups is 2. The Labute approximate surface area is 151 Å². The van der Waals surface area contributed by atoms with Crippen molar-refractivity contribution in [1.82, 2.24) is 20.4 Å². The molecule has 0 bridgehead atoms. The zero-order chi connectivity index (χ0) is 18.2. The molecule has 1 atom stereocenters. The van der Waals surface area contributed by atoms with Gasteiger partial charge >= 0.3 is 0 Å². The molecule has 0 fully saturated rings. The third kappa shape index (κ3) is 5.79. The molecule has 0 unspecified atom stereocenters. The van der Waals surface area contributed by atoms with Crippen molar-refractivity contribution in [2.45, 2.75) is 32.7 Å². The lowest BCUT2D eigenvalue weighted by atomic mass is 10.2. The number of amides is 2. The van der Waals surface area contributed by atoms with Gasteiger partial charge < -0.3 is 9.30 Å². The lowest BCUT2D eigenvalue weighted by Crippen LogP contribution is -2.44. The number of imidazole rings is 1. The number of hydrazine groups is 1. The van der Waals surface area contributed by atoms with Crippen molar-refractivity contribution in [2.75, 3.05) is 6.61 Å². The van der Waals surface area contributed by atoms with Crippen molar-refractivity contribution in [1.29, 1.82) is 0 Å². The number of hydrogen-bond donors (Lipinski definition) is 2. The van der Waals surface area contributed by atoms with E-state index in [9.17, 15) is 9.59 Å². The molecule has 2 aromatic rings. The van der Waals surface area contributed by atoms with Crippen LogP contribution in [-0.2, 0) is 9.59 Å². The quantitative estimate of drug-likeness (QED) is 0.583. The van der Waals surface area contributed by atoms with Crippen LogP contribution < -0.4 is 15.6 Å². The monoisotopic (exact) mass is 364 g/mol. The van der Waals surface area contributed by atoms with Gasteiger partial charge in [0.05, 0.1) is 12.9 Å².